The summed E-state index contributed by atoms with van der Waals surface area (Å²) in [5, 5.41) is 1.50. The second-order valence-electron chi connectivity index (χ2n) is 8.12. The van der Waals surface area contributed by atoms with Crippen LogP contribution in [0.15, 0.2) is 42.5 Å². The van der Waals surface area contributed by atoms with E-state index in [-0.39, 0.29) is 0 Å². The van der Waals surface area contributed by atoms with E-state index in [0.717, 1.165) is 18.8 Å². The molecule has 0 bridgehead atoms. The van der Waals surface area contributed by atoms with E-state index in [9.17, 15) is 0 Å². The number of methoxy groups -OCH3 is 1. The molecule has 1 unspecified atom stereocenters. The van der Waals surface area contributed by atoms with Gasteiger partial charge >= 0.3 is 0 Å². The Hall–Kier alpha value is -2.26. The quantitative estimate of drug-likeness (QED) is 0.635. The van der Waals surface area contributed by atoms with E-state index in [1.165, 1.54) is 54.3 Å². The second kappa shape index (κ2) is 6.72. The van der Waals surface area contributed by atoms with Crippen LogP contribution in [0.5, 0.6) is 5.75 Å². The highest BCUT2D eigenvalue weighted by molar-refractivity contribution is 5.86. The molecular formula is C24H28N2O. The molecule has 0 saturated carbocycles. The van der Waals surface area contributed by atoms with Gasteiger partial charge in [0.1, 0.15) is 5.75 Å². The van der Waals surface area contributed by atoms with Gasteiger partial charge in [-0.05, 0) is 68.0 Å². The van der Waals surface area contributed by atoms with Crippen LogP contribution in [0, 0.1) is 6.92 Å². The number of fused-ring (bicyclic) bond motifs is 3. The minimum atomic E-state index is 0.547. The minimum Gasteiger partial charge on any atom is -0.497 e. The minimum absolute atomic E-state index is 0.547. The Morgan fingerprint density at radius 2 is 1.89 bits per heavy atom. The SMILES string of the molecule is COc1ccc(CN2CCCn3c4c(c5cc(C)ccc53)CCCC42)cc1. The van der Waals surface area contributed by atoms with Gasteiger partial charge in [-0.15, -0.1) is 0 Å². The van der Waals surface area contributed by atoms with Crippen molar-refractivity contribution in [2.75, 3.05) is 13.7 Å². The number of hydrogen-bond donors (Lipinski definition) is 0. The maximum atomic E-state index is 5.32. The standard InChI is InChI=1S/C24H28N2O/c1-17-7-12-22-21(15-17)20-5-3-6-23-24(20)26(22)14-4-13-25(23)16-18-8-10-19(27-2)11-9-18/h7-12,15,23H,3-6,13-14,16H2,1-2H3. The molecule has 2 aromatic carbocycles. The molecule has 0 fully saturated rings. The molecule has 0 spiro atoms. The van der Waals surface area contributed by atoms with Gasteiger partial charge in [0.25, 0.3) is 0 Å². The molecule has 3 aromatic rings. The average molecular weight is 361 g/mol. The van der Waals surface area contributed by atoms with Crippen molar-refractivity contribution in [2.45, 2.75) is 51.7 Å². The molecule has 0 saturated heterocycles. The van der Waals surface area contributed by atoms with E-state index >= 15 is 0 Å². The zero-order chi connectivity index (χ0) is 18.4. The Morgan fingerprint density at radius 1 is 1.04 bits per heavy atom. The monoisotopic (exact) mass is 360 g/mol. The molecule has 0 radical (unpaired) electrons. The summed E-state index contributed by atoms with van der Waals surface area (Å²) in [5.41, 5.74) is 7.42. The van der Waals surface area contributed by atoms with Crippen LogP contribution in [0.2, 0.25) is 0 Å². The zero-order valence-electron chi connectivity index (χ0n) is 16.4. The van der Waals surface area contributed by atoms with E-state index < -0.39 is 0 Å². The summed E-state index contributed by atoms with van der Waals surface area (Å²) in [6.07, 6.45) is 5.02. The van der Waals surface area contributed by atoms with Gasteiger partial charge in [-0.3, -0.25) is 4.90 Å². The highest BCUT2D eigenvalue weighted by Crippen LogP contribution is 2.42. The van der Waals surface area contributed by atoms with Crippen LogP contribution in [0.4, 0.5) is 0 Å². The van der Waals surface area contributed by atoms with Gasteiger partial charge in [-0.2, -0.15) is 0 Å². The first-order valence-corrected chi connectivity index (χ1v) is 10.2. The number of hydrogen-bond acceptors (Lipinski definition) is 2. The van der Waals surface area contributed by atoms with Crippen molar-refractivity contribution in [3.8, 4) is 5.75 Å². The van der Waals surface area contributed by atoms with Crippen LogP contribution in [0.1, 0.15) is 47.7 Å². The van der Waals surface area contributed by atoms with Crippen LogP contribution < -0.4 is 4.74 Å². The van der Waals surface area contributed by atoms with Crippen molar-refractivity contribution in [1.29, 1.82) is 0 Å². The van der Waals surface area contributed by atoms with Crippen molar-refractivity contribution in [3.05, 3.63) is 64.8 Å². The third-order valence-corrected chi connectivity index (χ3v) is 6.40. The number of aryl methyl sites for hydroxylation is 3. The van der Waals surface area contributed by atoms with Gasteiger partial charge in [0.2, 0.25) is 0 Å². The Labute approximate surface area is 161 Å². The van der Waals surface area contributed by atoms with Crippen molar-refractivity contribution in [1.82, 2.24) is 9.47 Å². The topological polar surface area (TPSA) is 17.4 Å². The summed E-state index contributed by atoms with van der Waals surface area (Å²) in [7, 11) is 1.73. The van der Waals surface area contributed by atoms with E-state index in [1.807, 2.05) is 0 Å². The van der Waals surface area contributed by atoms with Gasteiger partial charge in [-0.1, -0.05) is 23.8 Å². The van der Waals surface area contributed by atoms with Gasteiger partial charge in [0.15, 0.2) is 0 Å². The number of benzene rings is 2. The Kier molecular flexibility index (Phi) is 4.20. The largest absolute Gasteiger partial charge is 0.497 e. The lowest BCUT2D eigenvalue weighted by Crippen LogP contribution is -2.31. The van der Waals surface area contributed by atoms with Gasteiger partial charge < -0.3 is 9.30 Å². The molecule has 27 heavy (non-hydrogen) atoms. The summed E-state index contributed by atoms with van der Waals surface area (Å²) in [4.78, 5) is 2.72. The van der Waals surface area contributed by atoms with Gasteiger partial charge in [-0.25, -0.2) is 0 Å². The molecule has 1 aliphatic heterocycles. The van der Waals surface area contributed by atoms with Crippen molar-refractivity contribution >= 4 is 10.9 Å². The van der Waals surface area contributed by atoms with Crippen LogP contribution in [-0.2, 0) is 19.5 Å². The first-order chi connectivity index (χ1) is 13.2. The lowest BCUT2D eigenvalue weighted by molar-refractivity contribution is 0.173. The van der Waals surface area contributed by atoms with E-state index in [0.29, 0.717) is 6.04 Å². The van der Waals surface area contributed by atoms with Crippen LogP contribution in [0.25, 0.3) is 10.9 Å². The first-order valence-electron chi connectivity index (χ1n) is 10.2. The molecule has 2 heterocycles. The molecular weight excluding hydrogens is 332 g/mol. The van der Waals surface area contributed by atoms with E-state index in [2.05, 4.69) is 58.9 Å². The average Bonchev–Trinajstić information content (AvgIpc) is 2.88. The first kappa shape index (κ1) is 16.9. The second-order valence-corrected chi connectivity index (χ2v) is 8.12. The molecule has 3 heteroatoms. The molecule has 5 rings (SSSR count). The zero-order valence-corrected chi connectivity index (χ0v) is 16.4. The molecule has 0 N–H and O–H groups in total. The van der Waals surface area contributed by atoms with Crippen molar-refractivity contribution in [2.24, 2.45) is 0 Å². The predicted molar refractivity (Wildman–Crippen MR) is 110 cm³/mol. The van der Waals surface area contributed by atoms with Gasteiger partial charge in [0, 0.05) is 36.2 Å². The van der Waals surface area contributed by atoms with E-state index in [1.54, 1.807) is 18.4 Å². The lowest BCUT2D eigenvalue weighted by Gasteiger charge is -2.33. The highest BCUT2D eigenvalue weighted by atomic mass is 16.5. The Bertz CT molecular complexity index is 966. The third kappa shape index (κ3) is 2.85. The van der Waals surface area contributed by atoms with Crippen molar-refractivity contribution < 1.29 is 4.74 Å². The van der Waals surface area contributed by atoms with Crippen LogP contribution >= 0.6 is 0 Å². The lowest BCUT2D eigenvalue weighted by atomic mass is 9.90. The van der Waals surface area contributed by atoms with Crippen molar-refractivity contribution in [3.63, 3.8) is 0 Å². The number of nitrogens with zero attached hydrogens (tertiary/aromatic N) is 2. The Morgan fingerprint density at radius 3 is 2.70 bits per heavy atom. The number of rotatable bonds is 3. The predicted octanol–water partition coefficient (Wildman–Crippen LogP) is 5.24. The number of ether oxygens (including phenoxy) is 1. The normalized spacial score (nSPS) is 19.7. The molecule has 3 nitrogen and oxygen atoms in total. The molecule has 1 aliphatic carbocycles. The fourth-order valence-corrected chi connectivity index (χ4v) is 5.15. The molecule has 0 amide bonds. The summed E-state index contributed by atoms with van der Waals surface area (Å²) in [6.45, 7) is 5.55. The summed E-state index contributed by atoms with van der Waals surface area (Å²) in [5.74, 6) is 0.935. The van der Waals surface area contributed by atoms with Crippen LogP contribution in [-0.4, -0.2) is 23.1 Å². The summed E-state index contributed by atoms with van der Waals surface area (Å²) in [6, 6.07) is 16.2. The highest BCUT2D eigenvalue weighted by Gasteiger charge is 2.33. The maximum absolute atomic E-state index is 5.32. The Balaban J connectivity index is 1.55. The number of aromatic nitrogens is 1. The smallest absolute Gasteiger partial charge is 0.118 e. The third-order valence-electron chi connectivity index (χ3n) is 6.40. The maximum Gasteiger partial charge on any atom is 0.118 e. The molecule has 140 valence electrons. The summed E-state index contributed by atoms with van der Waals surface area (Å²) < 4.78 is 7.96. The molecule has 2 aliphatic rings. The fraction of sp³-hybridized carbons (Fsp3) is 0.417. The van der Waals surface area contributed by atoms with E-state index in [4.69, 9.17) is 4.74 Å². The fourth-order valence-electron chi connectivity index (χ4n) is 5.15. The van der Waals surface area contributed by atoms with Gasteiger partial charge in [0.05, 0.1) is 13.2 Å². The molecule has 1 atom stereocenters. The summed E-state index contributed by atoms with van der Waals surface area (Å²) >= 11 is 0. The van der Waals surface area contributed by atoms with Crippen LogP contribution in [0.3, 0.4) is 0 Å². The molecule has 1 aromatic heterocycles.